The molecule has 0 heterocycles. The molecule has 0 saturated heterocycles. The lowest BCUT2D eigenvalue weighted by molar-refractivity contribution is -0.128. The fourth-order valence-corrected chi connectivity index (χ4v) is 2.12. The van der Waals surface area contributed by atoms with E-state index in [9.17, 15) is 19.2 Å². The van der Waals surface area contributed by atoms with Crippen molar-refractivity contribution in [3.63, 3.8) is 0 Å². The Morgan fingerprint density at radius 2 is 1.20 bits per heavy atom. The van der Waals surface area contributed by atoms with Crippen molar-refractivity contribution in [2.24, 2.45) is 0 Å². The zero-order valence-corrected chi connectivity index (χ0v) is 10.7. The Labute approximate surface area is 98.7 Å². The fraction of sp³-hybridized carbons (Fsp3) is 0.250. The first-order chi connectivity index (χ1) is 7.02. The van der Waals surface area contributed by atoms with Crippen molar-refractivity contribution in [2.45, 2.75) is 13.8 Å². The van der Waals surface area contributed by atoms with Gasteiger partial charge in [-0.3, -0.25) is 19.2 Å². The Balaban J connectivity index is 4.37. The van der Waals surface area contributed by atoms with Crippen LogP contribution in [0.1, 0.15) is 13.8 Å². The van der Waals surface area contributed by atoms with Crippen molar-refractivity contribution >= 4 is 65.7 Å². The minimum absolute atomic E-state index is 0.165. The highest BCUT2D eigenvalue weighted by atomic mass is 32.2. The number of hydrogen-bond donors (Lipinski definition) is 2. The molecule has 0 aromatic carbocycles. The molecule has 0 spiro atoms. The van der Waals surface area contributed by atoms with Crippen molar-refractivity contribution in [3.8, 4) is 0 Å². The van der Waals surface area contributed by atoms with Gasteiger partial charge in [-0.25, -0.2) is 0 Å². The Kier molecular flexibility index (Phi) is 7.45. The lowest BCUT2D eigenvalue weighted by atomic mass is 10.8. The first-order valence-electron chi connectivity index (χ1n) is 3.84. The summed E-state index contributed by atoms with van der Waals surface area (Å²) in [6, 6.07) is 0. The van der Waals surface area contributed by atoms with E-state index in [-0.39, 0.29) is 34.5 Å². The standard InChI is InChI=1S/C8H10O4S3/c1-3-13-5(9)7(11)15-8(12)6(10)14-4-2/h3-4,13-14H,1-2H3. The van der Waals surface area contributed by atoms with E-state index < -0.39 is 20.5 Å². The molecule has 0 bridgehead atoms. The maximum absolute atomic E-state index is 11.1. The van der Waals surface area contributed by atoms with Gasteiger partial charge in [-0.1, -0.05) is 10.7 Å². The maximum atomic E-state index is 11.1. The zero-order valence-electron chi connectivity index (χ0n) is 8.09. The molecule has 0 radical (unpaired) electrons. The molecule has 0 rings (SSSR count). The summed E-state index contributed by atoms with van der Waals surface area (Å²) in [7, 11) is 0. The van der Waals surface area contributed by atoms with Gasteiger partial charge in [0.05, 0.1) is 0 Å². The molecule has 7 heteroatoms. The Hall–Kier alpha value is -0.530. The molecule has 0 N–H and O–H groups in total. The van der Waals surface area contributed by atoms with Crippen LogP contribution in [0, 0.1) is 0 Å². The summed E-state index contributed by atoms with van der Waals surface area (Å²) in [5, 5.41) is -0.184. The van der Waals surface area contributed by atoms with Gasteiger partial charge in [-0.05, 0) is 13.8 Å². The highest BCUT2D eigenvalue weighted by molar-refractivity contribution is 8.35. The second kappa shape index (κ2) is 7.72. The number of carbonyl (C=O) groups is 4. The molecule has 84 valence electrons. The minimum Gasteiger partial charge on any atom is -0.278 e. The zero-order chi connectivity index (χ0) is 11.8. The van der Waals surface area contributed by atoms with Crippen LogP contribution >= 0.6 is 34.5 Å². The van der Waals surface area contributed by atoms with Crippen LogP contribution in [0.15, 0.2) is 0 Å². The van der Waals surface area contributed by atoms with Gasteiger partial charge >= 0.3 is 0 Å². The summed E-state index contributed by atoms with van der Waals surface area (Å²) in [4.78, 5) is 44.0. The third kappa shape index (κ3) is 5.81. The van der Waals surface area contributed by atoms with E-state index in [2.05, 4.69) is 0 Å². The van der Waals surface area contributed by atoms with E-state index in [1.807, 2.05) is 0 Å². The van der Waals surface area contributed by atoms with Crippen molar-refractivity contribution in [1.29, 1.82) is 0 Å². The number of carbonyl (C=O) groups excluding carboxylic acids is 4. The van der Waals surface area contributed by atoms with E-state index in [4.69, 9.17) is 0 Å². The number of thiol groups is 2. The van der Waals surface area contributed by atoms with Crippen LogP contribution < -0.4 is 0 Å². The highest BCUT2D eigenvalue weighted by Gasteiger charge is 2.20. The molecule has 4 nitrogen and oxygen atoms in total. The lowest BCUT2D eigenvalue weighted by Gasteiger charge is -1.92. The quantitative estimate of drug-likeness (QED) is 0.377. The van der Waals surface area contributed by atoms with Gasteiger partial charge in [0.15, 0.2) is 0 Å². The van der Waals surface area contributed by atoms with Gasteiger partial charge in [0.25, 0.3) is 20.5 Å². The second-order valence-corrected chi connectivity index (χ2v) is 5.37. The number of hydrogen-bond acceptors (Lipinski definition) is 5. The molecule has 0 atom stereocenters. The predicted octanol–water partition coefficient (Wildman–Crippen LogP) is 0.401. The van der Waals surface area contributed by atoms with Gasteiger partial charge in [0, 0.05) is 11.8 Å². The molecule has 0 aliphatic carbocycles. The number of rotatable bonds is 0. The van der Waals surface area contributed by atoms with Crippen molar-refractivity contribution < 1.29 is 19.2 Å². The van der Waals surface area contributed by atoms with Gasteiger partial charge in [-0.15, -0.1) is 22.7 Å². The first kappa shape index (κ1) is 14.5. The molecular formula is C8H10O4S3. The topological polar surface area (TPSA) is 68.3 Å². The summed E-state index contributed by atoms with van der Waals surface area (Å²) in [5.74, 6) is 0. The summed E-state index contributed by atoms with van der Waals surface area (Å²) >= 11 is 0.619. The lowest BCUT2D eigenvalue weighted by Crippen LogP contribution is -2.11. The first-order valence-corrected chi connectivity index (χ1v) is 6.59. The summed E-state index contributed by atoms with van der Waals surface area (Å²) in [6.45, 7) is 3.24. The Morgan fingerprint density at radius 1 is 0.867 bits per heavy atom. The molecule has 0 aliphatic rings. The predicted molar refractivity (Wildman–Crippen MR) is 69.1 cm³/mol. The largest absolute Gasteiger partial charge is 0.278 e. The van der Waals surface area contributed by atoms with Crippen molar-refractivity contribution in [2.75, 3.05) is 0 Å². The highest BCUT2D eigenvalue weighted by Crippen LogP contribution is 2.10. The average Bonchev–Trinajstić information content (AvgIpc) is 2.18. The van der Waals surface area contributed by atoms with Crippen LogP contribution in [0.5, 0.6) is 0 Å². The smallest absolute Gasteiger partial charge is 0.273 e. The Morgan fingerprint density at radius 3 is 1.47 bits per heavy atom. The van der Waals surface area contributed by atoms with E-state index in [0.717, 1.165) is 0 Å². The molecule has 0 unspecified atom stereocenters. The molecule has 0 fully saturated rings. The molecular weight excluding hydrogens is 256 g/mol. The maximum Gasteiger partial charge on any atom is 0.273 e. The molecule has 0 amide bonds. The van der Waals surface area contributed by atoms with Crippen LogP contribution in [-0.4, -0.2) is 31.2 Å². The molecule has 15 heavy (non-hydrogen) atoms. The Bertz CT molecular complexity index is 323. The molecule has 0 aromatic heterocycles. The van der Waals surface area contributed by atoms with E-state index in [0.29, 0.717) is 0 Å². The third-order valence-electron chi connectivity index (χ3n) is 1.03. The summed E-state index contributed by atoms with van der Waals surface area (Å²) in [6.07, 6.45) is 0. The van der Waals surface area contributed by atoms with Crippen LogP contribution in [0.2, 0.25) is 0 Å². The average molecular weight is 266 g/mol. The van der Waals surface area contributed by atoms with Gasteiger partial charge < -0.3 is 0 Å². The monoisotopic (exact) mass is 266 g/mol. The van der Waals surface area contributed by atoms with Crippen LogP contribution in [-0.2, 0) is 19.2 Å². The van der Waals surface area contributed by atoms with Crippen molar-refractivity contribution in [3.05, 3.63) is 0 Å². The molecule has 0 aliphatic heterocycles. The van der Waals surface area contributed by atoms with Gasteiger partial charge in [-0.2, -0.15) is 0 Å². The third-order valence-corrected chi connectivity index (χ3v) is 3.46. The van der Waals surface area contributed by atoms with Crippen molar-refractivity contribution in [1.82, 2.24) is 0 Å². The van der Waals surface area contributed by atoms with Gasteiger partial charge in [0.1, 0.15) is 0 Å². The van der Waals surface area contributed by atoms with E-state index in [1.54, 1.807) is 13.8 Å². The molecule has 0 aromatic rings. The van der Waals surface area contributed by atoms with E-state index in [1.165, 1.54) is 10.7 Å². The summed E-state index contributed by atoms with van der Waals surface area (Å²) in [5.41, 5.74) is 0. The van der Waals surface area contributed by atoms with E-state index >= 15 is 0 Å². The second-order valence-electron chi connectivity index (χ2n) is 2.06. The SMILES string of the molecule is CC=[SH]C(=O)C(=O)SC(=O)C(=O)[SH]=CC. The number of thioether (sulfide) groups is 1. The van der Waals surface area contributed by atoms with Crippen LogP contribution in [0.4, 0.5) is 0 Å². The van der Waals surface area contributed by atoms with Crippen LogP contribution in [0.3, 0.4) is 0 Å². The van der Waals surface area contributed by atoms with Crippen LogP contribution in [0.25, 0.3) is 0 Å². The minimum atomic E-state index is -0.889. The summed E-state index contributed by atoms with van der Waals surface area (Å²) < 4.78 is 0. The molecule has 0 saturated carbocycles. The normalized spacial score (nSPS) is 11.9. The van der Waals surface area contributed by atoms with Gasteiger partial charge in [0.2, 0.25) is 0 Å². The fourth-order valence-electron chi connectivity index (χ4n) is 0.511.